The van der Waals surface area contributed by atoms with E-state index in [1.165, 1.54) is 0 Å². The molecule has 1 saturated heterocycles. The normalized spacial score (nSPS) is 23.8. The van der Waals surface area contributed by atoms with Gasteiger partial charge in [-0.15, -0.1) is 0 Å². The number of nitrogens with zero attached hydrogens (tertiary/aromatic N) is 2. The fourth-order valence-electron chi connectivity index (χ4n) is 2.13. The number of amides is 1. The third kappa shape index (κ3) is 2.40. The molecule has 0 aromatic carbocycles. The summed E-state index contributed by atoms with van der Waals surface area (Å²) in [7, 11) is 1.84. The third-order valence-corrected chi connectivity index (χ3v) is 3.55. The molecule has 1 aliphatic rings. The molecular weight excluding hydrogens is 214 g/mol. The molecule has 0 spiro atoms. The summed E-state index contributed by atoms with van der Waals surface area (Å²) in [6.45, 7) is 6.07. The predicted molar refractivity (Wildman–Crippen MR) is 68.0 cm³/mol. The highest BCUT2D eigenvalue weighted by atomic mass is 16.2. The molecule has 0 saturated carbocycles. The Morgan fingerprint density at radius 2 is 2.00 bits per heavy atom. The molecule has 1 amide bonds. The number of nitrogens with one attached hydrogen (secondary N) is 1. The SMILES string of the molecule is CNc1ccc(C(=O)N2CC(C)C(C)C2)nc1. The van der Waals surface area contributed by atoms with Gasteiger partial charge >= 0.3 is 0 Å². The molecular formula is C13H19N3O. The lowest BCUT2D eigenvalue weighted by Crippen LogP contribution is -2.29. The van der Waals surface area contributed by atoms with Crippen LogP contribution in [0.15, 0.2) is 18.3 Å². The van der Waals surface area contributed by atoms with Crippen LogP contribution in [0.4, 0.5) is 5.69 Å². The monoisotopic (exact) mass is 233 g/mol. The summed E-state index contributed by atoms with van der Waals surface area (Å²) >= 11 is 0. The fourth-order valence-corrected chi connectivity index (χ4v) is 2.13. The number of carbonyl (C=O) groups excluding carboxylic acids is 1. The number of hydrogen-bond donors (Lipinski definition) is 1. The van der Waals surface area contributed by atoms with Crippen molar-refractivity contribution in [1.82, 2.24) is 9.88 Å². The van der Waals surface area contributed by atoms with E-state index >= 15 is 0 Å². The van der Waals surface area contributed by atoms with Crippen LogP contribution in [-0.2, 0) is 0 Å². The third-order valence-electron chi connectivity index (χ3n) is 3.55. The minimum atomic E-state index is 0.0452. The molecule has 92 valence electrons. The molecule has 1 aliphatic heterocycles. The largest absolute Gasteiger partial charge is 0.387 e. The number of anilines is 1. The first kappa shape index (κ1) is 11.9. The number of aromatic nitrogens is 1. The molecule has 0 aliphatic carbocycles. The molecule has 1 aromatic rings. The number of likely N-dealkylation sites (tertiary alicyclic amines) is 1. The van der Waals surface area contributed by atoms with Gasteiger partial charge in [0.05, 0.1) is 11.9 Å². The van der Waals surface area contributed by atoms with Crippen molar-refractivity contribution < 1.29 is 4.79 Å². The summed E-state index contributed by atoms with van der Waals surface area (Å²) in [5.41, 5.74) is 1.45. The minimum Gasteiger partial charge on any atom is -0.387 e. The second-order valence-electron chi connectivity index (χ2n) is 4.85. The highest BCUT2D eigenvalue weighted by Gasteiger charge is 2.30. The second kappa shape index (κ2) is 4.73. The highest BCUT2D eigenvalue weighted by molar-refractivity contribution is 5.92. The van der Waals surface area contributed by atoms with Crippen molar-refractivity contribution in [3.05, 3.63) is 24.0 Å². The Balaban J connectivity index is 2.09. The van der Waals surface area contributed by atoms with Gasteiger partial charge in [0.15, 0.2) is 0 Å². The Bertz CT molecular complexity index is 392. The maximum absolute atomic E-state index is 12.2. The van der Waals surface area contributed by atoms with Crippen molar-refractivity contribution in [2.75, 3.05) is 25.5 Å². The fraction of sp³-hybridized carbons (Fsp3) is 0.538. The number of pyridine rings is 1. The minimum absolute atomic E-state index is 0.0452. The van der Waals surface area contributed by atoms with E-state index in [0.29, 0.717) is 17.5 Å². The van der Waals surface area contributed by atoms with E-state index in [4.69, 9.17) is 0 Å². The lowest BCUT2D eigenvalue weighted by atomic mass is 10.0. The van der Waals surface area contributed by atoms with E-state index < -0.39 is 0 Å². The maximum Gasteiger partial charge on any atom is 0.272 e. The van der Waals surface area contributed by atoms with Crippen molar-refractivity contribution in [3.63, 3.8) is 0 Å². The van der Waals surface area contributed by atoms with Crippen LogP contribution in [-0.4, -0.2) is 35.9 Å². The molecule has 0 bridgehead atoms. The maximum atomic E-state index is 12.2. The first-order chi connectivity index (χ1) is 8.11. The summed E-state index contributed by atoms with van der Waals surface area (Å²) < 4.78 is 0. The average molecular weight is 233 g/mol. The molecule has 2 heterocycles. The van der Waals surface area contributed by atoms with Crippen LogP contribution in [0.25, 0.3) is 0 Å². The van der Waals surface area contributed by atoms with Gasteiger partial charge in [-0.2, -0.15) is 0 Å². The molecule has 4 nitrogen and oxygen atoms in total. The quantitative estimate of drug-likeness (QED) is 0.848. The van der Waals surface area contributed by atoms with Crippen LogP contribution in [0.5, 0.6) is 0 Å². The number of hydrogen-bond acceptors (Lipinski definition) is 3. The smallest absolute Gasteiger partial charge is 0.272 e. The molecule has 2 unspecified atom stereocenters. The van der Waals surface area contributed by atoms with Gasteiger partial charge in [0.25, 0.3) is 5.91 Å². The lowest BCUT2D eigenvalue weighted by Gasteiger charge is -2.15. The lowest BCUT2D eigenvalue weighted by molar-refractivity contribution is 0.0779. The highest BCUT2D eigenvalue weighted by Crippen LogP contribution is 2.23. The first-order valence-electron chi connectivity index (χ1n) is 6.05. The van der Waals surface area contributed by atoms with Gasteiger partial charge in [-0.05, 0) is 24.0 Å². The van der Waals surface area contributed by atoms with E-state index in [9.17, 15) is 4.79 Å². The zero-order valence-electron chi connectivity index (χ0n) is 10.6. The van der Waals surface area contributed by atoms with Crippen molar-refractivity contribution in [2.24, 2.45) is 11.8 Å². The Labute approximate surface area is 102 Å². The molecule has 1 aromatic heterocycles. The summed E-state index contributed by atoms with van der Waals surface area (Å²) in [5, 5.41) is 2.99. The van der Waals surface area contributed by atoms with E-state index in [0.717, 1.165) is 18.8 Å². The molecule has 1 fully saturated rings. The van der Waals surface area contributed by atoms with Gasteiger partial charge in [-0.25, -0.2) is 4.98 Å². The van der Waals surface area contributed by atoms with Crippen molar-refractivity contribution >= 4 is 11.6 Å². The van der Waals surface area contributed by atoms with E-state index in [1.807, 2.05) is 18.0 Å². The van der Waals surface area contributed by atoms with Gasteiger partial charge in [-0.3, -0.25) is 4.79 Å². The first-order valence-corrected chi connectivity index (χ1v) is 6.05. The standard InChI is InChI=1S/C13H19N3O/c1-9-7-16(8-10(9)2)13(17)12-5-4-11(14-3)6-15-12/h4-6,9-10,14H,7-8H2,1-3H3. The Kier molecular flexibility index (Phi) is 3.31. The van der Waals surface area contributed by atoms with E-state index in [-0.39, 0.29) is 5.91 Å². The van der Waals surface area contributed by atoms with Gasteiger partial charge in [0.2, 0.25) is 0 Å². The summed E-state index contributed by atoms with van der Waals surface area (Å²) in [6.07, 6.45) is 1.69. The van der Waals surface area contributed by atoms with E-state index in [2.05, 4.69) is 24.1 Å². The number of carbonyl (C=O) groups is 1. The van der Waals surface area contributed by atoms with Crippen LogP contribution < -0.4 is 5.32 Å². The van der Waals surface area contributed by atoms with Crippen LogP contribution in [0.2, 0.25) is 0 Å². The summed E-state index contributed by atoms with van der Waals surface area (Å²) in [5.74, 6) is 1.20. The van der Waals surface area contributed by atoms with Gasteiger partial charge < -0.3 is 10.2 Å². The molecule has 2 atom stereocenters. The zero-order valence-corrected chi connectivity index (χ0v) is 10.6. The van der Waals surface area contributed by atoms with Gasteiger partial charge in [0.1, 0.15) is 5.69 Å². The molecule has 1 N–H and O–H groups in total. The molecule has 4 heteroatoms. The Morgan fingerprint density at radius 3 is 2.47 bits per heavy atom. The summed E-state index contributed by atoms with van der Waals surface area (Å²) in [4.78, 5) is 18.3. The van der Waals surface area contributed by atoms with Crippen LogP contribution in [0.3, 0.4) is 0 Å². The van der Waals surface area contributed by atoms with Gasteiger partial charge in [0, 0.05) is 20.1 Å². The van der Waals surface area contributed by atoms with Crippen molar-refractivity contribution in [1.29, 1.82) is 0 Å². The predicted octanol–water partition coefficient (Wildman–Crippen LogP) is 1.85. The zero-order chi connectivity index (χ0) is 12.4. The molecule has 0 radical (unpaired) electrons. The van der Waals surface area contributed by atoms with Crippen LogP contribution >= 0.6 is 0 Å². The Hall–Kier alpha value is -1.58. The van der Waals surface area contributed by atoms with Crippen LogP contribution in [0, 0.1) is 11.8 Å². The summed E-state index contributed by atoms with van der Waals surface area (Å²) in [6, 6.07) is 3.66. The number of rotatable bonds is 2. The van der Waals surface area contributed by atoms with E-state index in [1.54, 1.807) is 12.3 Å². The Morgan fingerprint density at radius 1 is 1.35 bits per heavy atom. The molecule has 2 rings (SSSR count). The second-order valence-corrected chi connectivity index (χ2v) is 4.85. The van der Waals surface area contributed by atoms with Crippen molar-refractivity contribution in [3.8, 4) is 0 Å². The average Bonchev–Trinajstić information content (AvgIpc) is 2.69. The molecule has 17 heavy (non-hydrogen) atoms. The van der Waals surface area contributed by atoms with Crippen molar-refractivity contribution in [2.45, 2.75) is 13.8 Å². The van der Waals surface area contributed by atoms with Crippen LogP contribution in [0.1, 0.15) is 24.3 Å². The topological polar surface area (TPSA) is 45.2 Å². The van der Waals surface area contributed by atoms with Gasteiger partial charge in [-0.1, -0.05) is 13.8 Å².